The highest BCUT2D eigenvalue weighted by molar-refractivity contribution is 5.90. The minimum Gasteiger partial charge on any atom is -0.381 e. The van der Waals surface area contributed by atoms with Crippen LogP contribution in [0, 0.1) is 0 Å². The number of carbonyl (C=O) groups is 1. The third-order valence-corrected chi connectivity index (χ3v) is 5.51. The van der Waals surface area contributed by atoms with Gasteiger partial charge in [-0.25, -0.2) is 0 Å². The summed E-state index contributed by atoms with van der Waals surface area (Å²) >= 11 is 0. The van der Waals surface area contributed by atoms with Crippen LogP contribution in [0.1, 0.15) is 24.8 Å². The molecule has 0 radical (unpaired) electrons. The van der Waals surface area contributed by atoms with Gasteiger partial charge in [0.15, 0.2) is 11.4 Å². The molecule has 2 saturated heterocycles. The Kier molecular flexibility index (Phi) is 5.64. The highest BCUT2D eigenvalue weighted by atomic mass is 19.4. The van der Waals surface area contributed by atoms with Gasteiger partial charge >= 0.3 is 6.18 Å². The van der Waals surface area contributed by atoms with E-state index in [9.17, 15) is 18.0 Å². The number of halogens is 3. The average Bonchev–Trinajstić information content (AvgIpc) is 3.33. The fraction of sp³-hybridized carbons (Fsp3) is 0.579. The molecule has 2 aromatic rings. The minimum atomic E-state index is -4.46. The third kappa shape index (κ3) is 4.64. The third-order valence-electron chi connectivity index (χ3n) is 5.51. The number of likely N-dealkylation sites (tertiary alicyclic amines) is 1. The molecular formula is C19H23F3N4O3. The summed E-state index contributed by atoms with van der Waals surface area (Å²) in [6.07, 6.45) is -1.55. The Morgan fingerprint density at radius 1 is 1.24 bits per heavy atom. The molecule has 4 rings (SSSR count). The Bertz CT molecular complexity index is 864. The summed E-state index contributed by atoms with van der Waals surface area (Å²) in [4.78, 5) is 14.7. The van der Waals surface area contributed by atoms with Gasteiger partial charge < -0.3 is 19.9 Å². The molecule has 7 nitrogen and oxygen atoms in total. The highest BCUT2D eigenvalue weighted by Crippen LogP contribution is 2.33. The molecule has 1 amide bonds. The first-order chi connectivity index (χ1) is 13.9. The van der Waals surface area contributed by atoms with Crippen molar-refractivity contribution < 1.29 is 27.2 Å². The van der Waals surface area contributed by atoms with Crippen molar-refractivity contribution >= 4 is 22.7 Å². The number of carbonyl (C=O) groups excluding carboxylic acids is 1. The molecule has 10 heteroatoms. The number of hydrogen-bond donors (Lipinski definition) is 2. The van der Waals surface area contributed by atoms with Gasteiger partial charge in [0.25, 0.3) is 0 Å². The molecule has 158 valence electrons. The van der Waals surface area contributed by atoms with Crippen LogP contribution < -0.4 is 10.6 Å². The number of anilines is 1. The molecule has 2 N–H and O–H groups in total. The number of aromatic nitrogens is 1. The molecule has 1 unspecified atom stereocenters. The Balaban J connectivity index is 1.31. The summed E-state index contributed by atoms with van der Waals surface area (Å²) in [5, 5.41) is 9.70. The summed E-state index contributed by atoms with van der Waals surface area (Å²) in [7, 11) is 0. The van der Waals surface area contributed by atoms with Gasteiger partial charge in [0.2, 0.25) is 5.91 Å². The lowest BCUT2D eigenvalue weighted by molar-refractivity contribution is -0.137. The second-order valence-electron chi connectivity index (χ2n) is 7.49. The molecular weight excluding hydrogens is 389 g/mol. The lowest BCUT2D eigenvalue weighted by Gasteiger charge is -2.31. The quantitative estimate of drug-likeness (QED) is 0.786. The van der Waals surface area contributed by atoms with Crippen LogP contribution in [-0.2, 0) is 15.7 Å². The second-order valence-corrected chi connectivity index (χ2v) is 7.49. The topological polar surface area (TPSA) is 79.6 Å². The maximum Gasteiger partial charge on any atom is 0.416 e. The summed E-state index contributed by atoms with van der Waals surface area (Å²) in [5.74, 6) is -0.108. The van der Waals surface area contributed by atoms with Crippen molar-refractivity contribution in [1.82, 2.24) is 15.4 Å². The molecule has 1 atom stereocenters. The van der Waals surface area contributed by atoms with E-state index in [-0.39, 0.29) is 35.3 Å². The molecule has 2 aliphatic rings. The van der Waals surface area contributed by atoms with E-state index in [1.807, 2.05) is 0 Å². The number of amides is 1. The van der Waals surface area contributed by atoms with Crippen molar-refractivity contribution in [2.75, 3.05) is 38.2 Å². The molecule has 29 heavy (non-hydrogen) atoms. The Morgan fingerprint density at radius 2 is 2.03 bits per heavy atom. The van der Waals surface area contributed by atoms with Crippen molar-refractivity contribution in [2.45, 2.75) is 37.5 Å². The first kappa shape index (κ1) is 20.0. The number of fused-ring (bicyclic) bond motifs is 1. The number of alkyl halides is 3. The maximum atomic E-state index is 12.9. The van der Waals surface area contributed by atoms with E-state index in [1.165, 1.54) is 6.07 Å². The van der Waals surface area contributed by atoms with Gasteiger partial charge in [-0.15, -0.1) is 0 Å². The highest BCUT2D eigenvalue weighted by Gasteiger charge is 2.32. The van der Waals surface area contributed by atoms with Gasteiger partial charge in [0.05, 0.1) is 17.5 Å². The summed E-state index contributed by atoms with van der Waals surface area (Å²) < 4.78 is 49.2. The van der Waals surface area contributed by atoms with E-state index >= 15 is 0 Å². The number of hydrogen-bond acceptors (Lipinski definition) is 6. The first-order valence-electron chi connectivity index (χ1n) is 9.72. The van der Waals surface area contributed by atoms with E-state index in [0.717, 1.165) is 57.7 Å². The van der Waals surface area contributed by atoms with Crippen LogP contribution in [0.3, 0.4) is 0 Å². The van der Waals surface area contributed by atoms with Crippen LogP contribution >= 0.6 is 0 Å². The van der Waals surface area contributed by atoms with E-state index < -0.39 is 11.7 Å². The van der Waals surface area contributed by atoms with Gasteiger partial charge in [0.1, 0.15) is 0 Å². The van der Waals surface area contributed by atoms with Crippen molar-refractivity contribution in [3.8, 4) is 0 Å². The fourth-order valence-corrected chi connectivity index (χ4v) is 3.97. The lowest BCUT2D eigenvalue weighted by Crippen LogP contribution is -2.43. The smallest absolute Gasteiger partial charge is 0.381 e. The van der Waals surface area contributed by atoms with Crippen molar-refractivity contribution in [3.05, 3.63) is 23.8 Å². The Labute approximate surface area is 165 Å². The number of benzene rings is 1. The predicted octanol–water partition coefficient (Wildman–Crippen LogP) is 2.63. The first-order valence-corrected chi connectivity index (χ1v) is 9.72. The van der Waals surface area contributed by atoms with Gasteiger partial charge in [0, 0.05) is 38.4 Å². The molecule has 0 saturated carbocycles. The lowest BCUT2D eigenvalue weighted by atomic mass is 10.1. The average molecular weight is 412 g/mol. The molecule has 1 aromatic heterocycles. The van der Waals surface area contributed by atoms with E-state index in [0.29, 0.717) is 6.04 Å². The molecule has 2 fully saturated rings. The molecule has 3 heterocycles. The summed E-state index contributed by atoms with van der Waals surface area (Å²) in [6, 6.07) is 3.70. The standard InChI is InChI=1S/C19H23F3N4O3/c20-19(21,22)12-1-2-16-15(9-12)18(25-29-16)23-10-17(27)24-13-3-6-26(11-13)14-4-7-28-8-5-14/h1-2,9,13-14H,3-8,10-11H2,(H,23,25)(H,24,27). The summed E-state index contributed by atoms with van der Waals surface area (Å²) in [6.45, 7) is 3.22. The zero-order valence-corrected chi connectivity index (χ0v) is 15.8. The normalized spacial score (nSPS) is 21.6. The molecule has 0 aliphatic carbocycles. The predicted molar refractivity (Wildman–Crippen MR) is 99.5 cm³/mol. The van der Waals surface area contributed by atoms with Gasteiger partial charge in [-0.1, -0.05) is 5.16 Å². The zero-order chi connectivity index (χ0) is 20.4. The number of rotatable bonds is 5. The fourth-order valence-electron chi connectivity index (χ4n) is 3.97. The van der Waals surface area contributed by atoms with E-state index in [2.05, 4.69) is 20.7 Å². The van der Waals surface area contributed by atoms with Gasteiger partial charge in [-0.05, 0) is 37.5 Å². The molecule has 1 aromatic carbocycles. The van der Waals surface area contributed by atoms with Crippen LogP contribution in [0.4, 0.5) is 19.0 Å². The van der Waals surface area contributed by atoms with Crippen molar-refractivity contribution in [1.29, 1.82) is 0 Å². The number of nitrogens with one attached hydrogen (secondary N) is 2. The largest absolute Gasteiger partial charge is 0.416 e. The Hall–Kier alpha value is -2.33. The Morgan fingerprint density at radius 3 is 2.79 bits per heavy atom. The van der Waals surface area contributed by atoms with Crippen LogP contribution in [-0.4, -0.2) is 60.9 Å². The zero-order valence-electron chi connectivity index (χ0n) is 15.8. The molecule has 0 spiro atoms. The van der Waals surface area contributed by atoms with Crippen LogP contribution in [0.25, 0.3) is 11.0 Å². The minimum absolute atomic E-state index is 0.0676. The van der Waals surface area contributed by atoms with Crippen molar-refractivity contribution in [3.63, 3.8) is 0 Å². The summed E-state index contributed by atoms with van der Waals surface area (Å²) in [5.41, 5.74) is -0.566. The molecule has 0 bridgehead atoms. The number of nitrogens with zero attached hydrogens (tertiary/aromatic N) is 2. The van der Waals surface area contributed by atoms with Crippen LogP contribution in [0.5, 0.6) is 0 Å². The second kappa shape index (κ2) is 8.19. The molecule has 2 aliphatic heterocycles. The van der Waals surface area contributed by atoms with E-state index in [1.54, 1.807) is 0 Å². The maximum absolute atomic E-state index is 12.9. The van der Waals surface area contributed by atoms with Crippen LogP contribution in [0.15, 0.2) is 22.7 Å². The van der Waals surface area contributed by atoms with Gasteiger partial charge in [-0.3, -0.25) is 9.69 Å². The van der Waals surface area contributed by atoms with Gasteiger partial charge in [-0.2, -0.15) is 13.2 Å². The SMILES string of the molecule is O=C(CNc1noc2ccc(C(F)(F)F)cc12)NC1CCN(C2CCOCC2)C1. The van der Waals surface area contributed by atoms with Crippen molar-refractivity contribution in [2.24, 2.45) is 0 Å². The van der Waals surface area contributed by atoms with E-state index in [4.69, 9.17) is 9.26 Å². The monoisotopic (exact) mass is 412 g/mol. The number of ether oxygens (including phenoxy) is 1. The van der Waals surface area contributed by atoms with Crippen LogP contribution in [0.2, 0.25) is 0 Å².